The Balaban J connectivity index is 5.10. The molecule has 0 radical (unpaired) electrons. The summed E-state index contributed by atoms with van der Waals surface area (Å²) in [5.41, 5.74) is 0. The Hall–Kier alpha value is -1.49. The van der Waals surface area contributed by atoms with Crippen LogP contribution in [0.25, 0.3) is 0 Å². The summed E-state index contributed by atoms with van der Waals surface area (Å²) in [7, 11) is 0. The molecule has 0 saturated heterocycles. The van der Waals surface area contributed by atoms with Gasteiger partial charge in [0.05, 0.1) is 0 Å². The van der Waals surface area contributed by atoms with Crippen LogP contribution in [-0.2, 0) is 22.8 Å². The van der Waals surface area contributed by atoms with Crippen LogP contribution in [0.5, 0.6) is 0 Å². The maximum absolute atomic E-state index is 11.0. The molecular formula is C15H21BiO6. The molecule has 7 heteroatoms. The standard InChI is InChI=1S/3C5H8O2.Bi/c3*1-4(6)3-5(2)7;/h3*3,6H,1-2H3;/q;;;+3/p-3/b4-3+;2*4-3-;. The summed E-state index contributed by atoms with van der Waals surface area (Å²) in [6.45, 7) is 9.06. The van der Waals surface area contributed by atoms with Gasteiger partial charge in [-0.15, -0.1) is 0 Å². The predicted octanol–water partition coefficient (Wildman–Crippen LogP) is 2.50. The number of allylic oxidation sites excluding steroid dienone is 6. The van der Waals surface area contributed by atoms with E-state index in [9.17, 15) is 14.4 Å². The van der Waals surface area contributed by atoms with Crippen LogP contribution >= 0.6 is 0 Å². The average Bonchev–Trinajstić information content (AvgIpc) is 2.23. The maximum atomic E-state index is 11.0. The van der Waals surface area contributed by atoms with Crippen molar-refractivity contribution in [3.63, 3.8) is 0 Å². The molecule has 0 bridgehead atoms. The summed E-state index contributed by atoms with van der Waals surface area (Å²) in [6, 6.07) is 0. The molecule has 0 aromatic rings. The first kappa shape index (κ1) is 20.5. The van der Waals surface area contributed by atoms with E-state index in [4.69, 9.17) is 8.44 Å². The summed E-state index contributed by atoms with van der Waals surface area (Å²) >= 11 is -3.46. The molecular weight excluding hydrogens is 485 g/mol. The van der Waals surface area contributed by atoms with Gasteiger partial charge in [0.15, 0.2) is 0 Å². The first-order valence-corrected chi connectivity index (χ1v) is 10.8. The molecule has 0 aliphatic carbocycles. The van der Waals surface area contributed by atoms with Gasteiger partial charge >= 0.3 is 140 Å². The number of carbonyl (C=O) groups is 3. The molecule has 122 valence electrons. The number of ketones is 3. The third kappa shape index (κ3) is 11.2. The average molecular weight is 506 g/mol. The number of carbonyl (C=O) groups excluding carboxylic acids is 3. The van der Waals surface area contributed by atoms with Crippen LogP contribution in [-0.4, -0.2) is 40.4 Å². The van der Waals surface area contributed by atoms with Crippen molar-refractivity contribution in [3.05, 3.63) is 35.5 Å². The molecule has 0 N–H and O–H groups in total. The van der Waals surface area contributed by atoms with E-state index in [0.29, 0.717) is 17.3 Å². The molecule has 0 saturated carbocycles. The van der Waals surface area contributed by atoms with E-state index < -0.39 is 23.1 Å². The van der Waals surface area contributed by atoms with Crippen molar-refractivity contribution in [2.75, 3.05) is 0 Å². The monoisotopic (exact) mass is 506 g/mol. The normalized spacial score (nSPS) is 13.0. The summed E-state index contributed by atoms with van der Waals surface area (Å²) in [5, 5.41) is 0. The fourth-order valence-corrected chi connectivity index (χ4v) is 5.14. The van der Waals surface area contributed by atoms with Gasteiger partial charge in [0.2, 0.25) is 0 Å². The number of rotatable bonds is 9. The number of hydrogen-bond acceptors (Lipinski definition) is 6. The molecule has 0 spiro atoms. The molecule has 0 aliphatic rings. The Morgan fingerprint density at radius 1 is 0.591 bits per heavy atom. The van der Waals surface area contributed by atoms with Crippen LogP contribution in [0.4, 0.5) is 0 Å². The quantitative estimate of drug-likeness (QED) is 0.272. The van der Waals surface area contributed by atoms with E-state index in [0.717, 1.165) is 0 Å². The Kier molecular flexibility index (Phi) is 9.58. The van der Waals surface area contributed by atoms with Crippen molar-refractivity contribution in [3.8, 4) is 0 Å². The zero-order valence-corrected chi connectivity index (χ0v) is 17.1. The van der Waals surface area contributed by atoms with E-state index in [1.165, 1.54) is 39.0 Å². The van der Waals surface area contributed by atoms with Gasteiger partial charge in [-0.3, -0.25) is 0 Å². The van der Waals surface area contributed by atoms with E-state index in [2.05, 4.69) is 0 Å². The molecule has 0 aromatic carbocycles. The minimum absolute atomic E-state index is 0.159. The van der Waals surface area contributed by atoms with Crippen molar-refractivity contribution in [1.29, 1.82) is 0 Å². The van der Waals surface area contributed by atoms with Crippen LogP contribution in [0.2, 0.25) is 0 Å². The van der Waals surface area contributed by atoms with E-state index in [-0.39, 0.29) is 17.3 Å². The minimum atomic E-state index is -3.46. The molecule has 0 aliphatic heterocycles. The third-order valence-electron chi connectivity index (χ3n) is 1.88. The van der Waals surface area contributed by atoms with Gasteiger partial charge in [0.25, 0.3) is 0 Å². The molecule has 6 nitrogen and oxygen atoms in total. The molecule has 0 rings (SSSR count). The molecule has 0 fully saturated rings. The zero-order chi connectivity index (χ0) is 17.3. The van der Waals surface area contributed by atoms with Crippen molar-refractivity contribution < 1.29 is 22.8 Å². The van der Waals surface area contributed by atoms with Crippen LogP contribution in [0.3, 0.4) is 0 Å². The molecule has 22 heavy (non-hydrogen) atoms. The van der Waals surface area contributed by atoms with Crippen molar-refractivity contribution in [2.45, 2.75) is 41.5 Å². The SMILES string of the molecule is CC(=O)/C=C(/C)[O][Bi]([O]/C(C)=C\C(C)=O)[O]/C(C)=C/C(C)=O. The fourth-order valence-electron chi connectivity index (χ4n) is 1.35. The molecule has 0 amide bonds. The zero-order valence-electron chi connectivity index (χ0n) is 13.6. The number of hydrogen-bond donors (Lipinski definition) is 0. The van der Waals surface area contributed by atoms with Gasteiger partial charge in [0, 0.05) is 0 Å². The second-order valence-corrected chi connectivity index (χ2v) is 8.46. The van der Waals surface area contributed by atoms with Crippen LogP contribution in [0.1, 0.15) is 41.5 Å². The summed E-state index contributed by atoms with van der Waals surface area (Å²) < 4.78 is 16.7. The van der Waals surface area contributed by atoms with Crippen LogP contribution < -0.4 is 0 Å². The molecule has 0 atom stereocenters. The van der Waals surface area contributed by atoms with Crippen molar-refractivity contribution >= 4 is 40.4 Å². The predicted molar refractivity (Wildman–Crippen MR) is 82.3 cm³/mol. The molecule has 0 unspecified atom stereocenters. The van der Waals surface area contributed by atoms with Crippen LogP contribution in [0.15, 0.2) is 35.5 Å². The molecule has 0 aromatic heterocycles. The van der Waals surface area contributed by atoms with Crippen LogP contribution in [0, 0.1) is 0 Å². The van der Waals surface area contributed by atoms with E-state index in [1.54, 1.807) is 20.8 Å². The van der Waals surface area contributed by atoms with Gasteiger partial charge in [-0.1, -0.05) is 0 Å². The molecule has 0 heterocycles. The Labute approximate surface area is 140 Å². The van der Waals surface area contributed by atoms with Gasteiger partial charge in [-0.25, -0.2) is 0 Å². The van der Waals surface area contributed by atoms with Crippen molar-refractivity contribution in [1.82, 2.24) is 0 Å². The van der Waals surface area contributed by atoms with Gasteiger partial charge < -0.3 is 0 Å². The van der Waals surface area contributed by atoms with E-state index in [1.807, 2.05) is 0 Å². The first-order chi connectivity index (χ1) is 10.1. The summed E-state index contributed by atoms with van der Waals surface area (Å²) in [5.74, 6) is 0.639. The summed E-state index contributed by atoms with van der Waals surface area (Å²) in [6.07, 6.45) is 3.97. The fraction of sp³-hybridized carbons (Fsp3) is 0.400. The Morgan fingerprint density at radius 2 is 0.818 bits per heavy atom. The van der Waals surface area contributed by atoms with Crippen molar-refractivity contribution in [2.24, 2.45) is 0 Å². The topological polar surface area (TPSA) is 78.9 Å². The van der Waals surface area contributed by atoms with Gasteiger partial charge in [-0.05, 0) is 0 Å². The van der Waals surface area contributed by atoms with E-state index >= 15 is 0 Å². The first-order valence-electron chi connectivity index (χ1n) is 6.50. The second kappa shape index (κ2) is 10.3. The van der Waals surface area contributed by atoms with Gasteiger partial charge in [0.1, 0.15) is 0 Å². The Bertz CT molecular complexity index is 454. The second-order valence-electron chi connectivity index (χ2n) is 4.59. The Morgan fingerprint density at radius 3 is 1.00 bits per heavy atom. The third-order valence-corrected chi connectivity index (χ3v) is 6.97. The van der Waals surface area contributed by atoms with Gasteiger partial charge in [-0.2, -0.15) is 0 Å². The summed E-state index contributed by atoms with van der Waals surface area (Å²) in [4.78, 5) is 33.1.